The molecule has 1 aliphatic rings. The maximum atomic E-state index is 12.9. The first-order chi connectivity index (χ1) is 11.2. The standard InChI is InChI=1S/C17H22FN3OS/c1-2-22-12-14-7-9-21(10-8-14)17-20-19-16(23-17)11-13-3-5-15(18)6-4-13/h3-6,14H,2,7-12H2,1H3. The molecule has 0 N–H and O–H groups in total. The molecular formula is C17H22FN3OS. The lowest BCUT2D eigenvalue weighted by Gasteiger charge is -2.31. The quantitative estimate of drug-likeness (QED) is 0.809. The van der Waals surface area contributed by atoms with Gasteiger partial charge in [0.15, 0.2) is 0 Å². The van der Waals surface area contributed by atoms with Gasteiger partial charge in [0.1, 0.15) is 10.8 Å². The Labute approximate surface area is 140 Å². The number of anilines is 1. The molecule has 2 aromatic rings. The Morgan fingerprint density at radius 2 is 1.96 bits per heavy atom. The Morgan fingerprint density at radius 3 is 2.65 bits per heavy atom. The second-order valence-corrected chi connectivity index (χ2v) is 6.91. The van der Waals surface area contributed by atoms with Crippen LogP contribution in [-0.2, 0) is 11.2 Å². The van der Waals surface area contributed by atoms with Crippen molar-refractivity contribution in [3.63, 3.8) is 0 Å². The Bertz CT molecular complexity index is 609. The first-order valence-electron chi connectivity index (χ1n) is 8.14. The number of ether oxygens (including phenoxy) is 1. The third kappa shape index (κ3) is 4.48. The molecule has 0 radical (unpaired) electrons. The zero-order chi connectivity index (χ0) is 16.1. The summed E-state index contributed by atoms with van der Waals surface area (Å²) in [4.78, 5) is 2.31. The molecule has 1 aromatic carbocycles. The first kappa shape index (κ1) is 16.3. The van der Waals surface area contributed by atoms with E-state index in [2.05, 4.69) is 15.1 Å². The van der Waals surface area contributed by atoms with Crippen LogP contribution in [0.1, 0.15) is 30.3 Å². The molecule has 1 aliphatic heterocycles. The first-order valence-corrected chi connectivity index (χ1v) is 8.95. The Morgan fingerprint density at radius 1 is 1.22 bits per heavy atom. The van der Waals surface area contributed by atoms with Gasteiger partial charge in [0.2, 0.25) is 5.13 Å². The van der Waals surface area contributed by atoms with Crippen LogP contribution in [0.5, 0.6) is 0 Å². The summed E-state index contributed by atoms with van der Waals surface area (Å²) in [5.74, 6) is 0.458. The lowest BCUT2D eigenvalue weighted by atomic mass is 9.98. The lowest BCUT2D eigenvalue weighted by Crippen LogP contribution is -2.35. The van der Waals surface area contributed by atoms with E-state index in [1.807, 2.05) is 6.92 Å². The molecule has 0 atom stereocenters. The predicted octanol–water partition coefficient (Wildman–Crippen LogP) is 3.52. The molecule has 0 unspecified atom stereocenters. The summed E-state index contributed by atoms with van der Waals surface area (Å²) < 4.78 is 18.5. The smallest absolute Gasteiger partial charge is 0.208 e. The zero-order valence-corrected chi connectivity index (χ0v) is 14.2. The number of rotatable bonds is 6. The second kappa shape index (κ2) is 7.84. The highest BCUT2D eigenvalue weighted by Crippen LogP contribution is 2.27. The van der Waals surface area contributed by atoms with Crippen LogP contribution in [-0.4, -0.2) is 36.5 Å². The van der Waals surface area contributed by atoms with Crippen molar-refractivity contribution in [2.24, 2.45) is 5.92 Å². The number of halogens is 1. The summed E-state index contributed by atoms with van der Waals surface area (Å²) in [5.41, 5.74) is 1.06. The largest absolute Gasteiger partial charge is 0.381 e. The maximum absolute atomic E-state index is 12.9. The van der Waals surface area contributed by atoms with Crippen LogP contribution >= 0.6 is 11.3 Å². The minimum Gasteiger partial charge on any atom is -0.381 e. The summed E-state index contributed by atoms with van der Waals surface area (Å²) in [7, 11) is 0. The van der Waals surface area contributed by atoms with Crippen LogP contribution in [0.25, 0.3) is 0 Å². The summed E-state index contributed by atoms with van der Waals surface area (Å²) in [6.45, 7) is 5.74. The van der Waals surface area contributed by atoms with Gasteiger partial charge in [0, 0.05) is 32.7 Å². The predicted molar refractivity (Wildman–Crippen MR) is 90.5 cm³/mol. The van der Waals surface area contributed by atoms with E-state index in [1.54, 1.807) is 23.5 Å². The summed E-state index contributed by atoms with van der Waals surface area (Å²) in [6.07, 6.45) is 3.00. The van der Waals surface area contributed by atoms with Crippen molar-refractivity contribution in [3.8, 4) is 0 Å². The minimum atomic E-state index is -0.207. The van der Waals surface area contributed by atoms with Crippen molar-refractivity contribution < 1.29 is 9.13 Å². The van der Waals surface area contributed by atoms with Crippen molar-refractivity contribution in [2.75, 3.05) is 31.2 Å². The average molecular weight is 335 g/mol. The molecule has 0 bridgehead atoms. The van der Waals surface area contributed by atoms with Gasteiger partial charge < -0.3 is 9.64 Å². The van der Waals surface area contributed by atoms with E-state index in [4.69, 9.17) is 4.74 Å². The van der Waals surface area contributed by atoms with Crippen molar-refractivity contribution >= 4 is 16.5 Å². The minimum absolute atomic E-state index is 0.207. The summed E-state index contributed by atoms with van der Waals surface area (Å²) in [5, 5.41) is 10.6. The topological polar surface area (TPSA) is 38.2 Å². The van der Waals surface area contributed by atoms with Crippen molar-refractivity contribution in [1.29, 1.82) is 0 Å². The number of benzene rings is 1. The van der Waals surface area contributed by atoms with E-state index in [9.17, 15) is 4.39 Å². The zero-order valence-electron chi connectivity index (χ0n) is 13.4. The fraction of sp³-hybridized carbons (Fsp3) is 0.529. The van der Waals surface area contributed by atoms with Crippen molar-refractivity contribution in [1.82, 2.24) is 10.2 Å². The Hall–Kier alpha value is -1.53. The highest BCUT2D eigenvalue weighted by Gasteiger charge is 2.21. The Kier molecular flexibility index (Phi) is 5.56. The van der Waals surface area contributed by atoms with Gasteiger partial charge in [-0.3, -0.25) is 0 Å². The fourth-order valence-corrected chi connectivity index (χ4v) is 3.72. The molecule has 1 saturated heterocycles. The molecule has 6 heteroatoms. The molecule has 4 nitrogen and oxygen atoms in total. The van der Waals surface area contributed by atoms with Gasteiger partial charge in [-0.05, 0) is 43.4 Å². The summed E-state index contributed by atoms with van der Waals surface area (Å²) >= 11 is 1.64. The van der Waals surface area contributed by atoms with E-state index in [1.165, 1.54) is 12.1 Å². The number of aromatic nitrogens is 2. The molecule has 1 fully saturated rings. The SMILES string of the molecule is CCOCC1CCN(c2nnc(Cc3ccc(F)cc3)s2)CC1. The molecule has 1 aromatic heterocycles. The molecule has 0 saturated carbocycles. The molecule has 0 spiro atoms. The van der Waals surface area contributed by atoms with Crippen molar-refractivity contribution in [2.45, 2.75) is 26.2 Å². The van der Waals surface area contributed by atoms with Gasteiger partial charge in [-0.25, -0.2) is 4.39 Å². The average Bonchev–Trinajstić information content (AvgIpc) is 3.04. The van der Waals surface area contributed by atoms with E-state index >= 15 is 0 Å². The highest BCUT2D eigenvalue weighted by atomic mass is 32.1. The van der Waals surface area contributed by atoms with E-state index in [-0.39, 0.29) is 5.82 Å². The van der Waals surface area contributed by atoms with Crippen LogP contribution < -0.4 is 4.90 Å². The molecule has 124 valence electrons. The number of hydrogen-bond acceptors (Lipinski definition) is 5. The third-order valence-corrected chi connectivity index (χ3v) is 5.15. The number of hydrogen-bond donors (Lipinski definition) is 0. The van der Waals surface area contributed by atoms with E-state index in [0.717, 1.165) is 54.8 Å². The van der Waals surface area contributed by atoms with E-state index < -0.39 is 0 Å². The highest BCUT2D eigenvalue weighted by molar-refractivity contribution is 7.15. The summed E-state index contributed by atoms with van der Waals surface area (Å²) in [6, 6.07) is 6.58. The molecule has 3 rings (SSSR count). The monoisotopic (exact) mass is 335 g/mol. The van der Waals surface area contributed by atoms with Crippen LogP contribution in [0.3, 0.4) is 0 Å². The molecule has 0 aliphatic carbocycles. The van der Waals surface area contributed by atoms with Crippen LogP contribution in [0.15, 0.2) is 24.3 Å². The van der Waals surface area contributed by atoms with Gasteiger partial charge in [-0.2, -0.15) is 0 Å². The van der Waals surface area contributed by atoms with Crippen LogP contribution in [0, 0.1) is 11.7 Å². The van der Waals surface area contributed by atoms with Gasteiger partial charge in [-0.15, -0.1) is 10.2 Å². The van der Waals surface area contributed by atoms with Gasteiger partial charge in [0.25, 0.3) is 0 Å². The number of nitrogens with zero attached hydrogens (tertiary/aromatic N) is 3. The maximum Gasteiger partial charge on any atom is 0.208 e. The van der Waals surface area contributed by atoms with Gasteiger partial charge in [-0.1, -0.05) is 23.5 Å². The number of piperidine rings is 1. The lowest BCUT2D eigenvalue weighted by molar-refractivity contribution is 0.100. The normalized spacial score (nSPS) is 16.0. The fourth-order valence-electron chi connectivity index (χ4n) is 2.80. The molecular weight excluding hydrogens is 313 g/mol. The second-order valence-electron chi connectivity index (χ2n) is 5.87. The molecule has 0 amide bonds. The molecule has 2 heterocycles. The third-order valence-electron chi connectivity index (χ3n) is 4.17. The van der Waals surface area contributed by atoms with Gasteiger partial charge >= 0.3 is 0 Å². The Balaban J connectivity index is 1.54. The van der Waals surface area contributed by atoms with Crippen molar-refractivity contribution in [3.05, 3.63) is 40.7 Å². The van der Waals surface area contributed by atoms with Crippen LogP contribution in [0.4, 0.5) is 9.52 Å². The van der Waals surface area contributed by atoms with E-state index in [0.29, 0.717) is 12.3 Å². The van der Waals surface area contributed by atoms with Crippen LogP contribution in [0.2, 0.25) is 0 Å². The van der Waals surface area contributed by atoms with Gasteiger partial charge in [0.05, 0.1) is 0 Å². The molecule has 23 heavy (non-hydrogen) atoms.